The van der Waals surface area contributed by atoms with Gasteiger partial charge in [0, 0.05) is 43.1 Å². The Balaban J connectivity index is 1.53. The van der Waals surface area contributed by atoms with Crippen LogP contribution in [0.25, 0.3) is 32.5 Å². The summed E-state index contributed by atoms with van der Waals surface area (Å²) in [5.74, 6) is 0.598. The van der Waals surface area contributed by atoms with Crippen molar-refractivity contribution in [2.24, 2.45) is 0 Å². The number of rotatable bonds is 3. The van der Waals surface area contributed by atoms with Gasteiger partial charge in [-0.3, -0.25) is 4.79 Å². The third-order valence-corrected chi connectivity index (χ3v) is 8.15. The van der Waals surface area contributed by atoms with Gasteiger partial charge in [0.05, 0.1) is 11.9 Å². The smallest absolute Gasteiger partial charge is 0.260 e. The lowest BCUT2D eigenvalue weighted by atomic mass is 9.97. The summed E-state index contributed by atoms with van der Waals surface area (Å²) >= 11 is 14.5. The van der Waals surface area contributed by atoms with Gasteiger partial charge in [-0.15, -0.1) is 11.3 Å². The molecule has 0 bridgehead atoms. The van der Waals surface area contributed by atoms with Gasteiger partial charge >= 0.3 is 0 Å². The fourth-order valence-electron chi connectivity index (χ4n) is 4.71. The Kier molecular flexibility index (Phi) is 4.86. The number of H-pyrrole nitrogens is 1. The van der Waals surface area contributed by atoms with Gasteiger partial charge in [0.1, 0.15) is 10.7 Å². The molecule has 5 aromatic rings. The fourth-order valence-corrected chi connectivity index (χ4v) is 6.49. The summed E-state index contributed by atoms with van der Waals surface area (Å²) in [5.41, 5.74) is 3.95. The van der Waals surface area contributed by atoms with E-state index in [-0.39, 0.29) is 5.56 Å². The van der Waals surface area contributed by atoms with E-state index in [1.54, 1.807) is 11.3 Å². The zero-order valence-corrected chi connectivity index (χ0v) is 19.4. The molecule has 0 unspecified atom stereocenters. The van der Waals surface area contributed by atoms with Gasteiger partial charge in [-0.05, 0) is 49.4 Å². The summed E-state index contributed by atoms with van der Waals surface area (Å²) in [6.07, 6.45) is 6.36. The second-order valence-corrected chi connectivity index (χ2v) is 10.1. The number of hydrogen-bond donors (Lipinski definition) is 1. The van der Waals surface area contributed by atoms with Crippen molar-refractivity contribution < 1.29 is 0 Å². The molecule has 0 atom stereocenters. The van der Waals surface area contributed by atoms with E-state index in [9.17, 15) is 4.79 Å². The van der Waals surface area contributed by atoms with Crippen molar-refractivity contribution in [2.45, 2.75) is 32.2 Å². The Morgan fingerprint density at radius 2 is 1.81 bits per heavy atom. The Bertz CT molecular complexity index is 1540. The number of thiophene rings is 1. The lowest BCUT2D eigenvalue weighted by Crippen LogP contribution is -2.11. The zero-order valence-electron chi connectivity index (χ0n) is 17.1. The van der Waals surface area contributed by atoms with E-state index in [1.807, 2.05) is 36.5 Å². The summed E-state index contributed by atoms with van der Waals surface area (Å²) in [4.78, 5) is 23.2. The molecule has 1 aliphatic carbocycles. The molecule has 0 radical (unpaired) electrons. The molecule has 4 nitrogen and oxygen atoms in total. The highest BCUT2D eigenvalue weighted by molar-refractivity contribution is 7.18. The zero-order chi connectivity index (χ0) is 21.8. The monoisotopic (exact) mass is 479 g/mol. The molecule has 2 aromatic carbocycles. The van der Waals surface area contributed by atoms with E-state index < -0.39 is 0 Å². The van der Waals surface area contributed by atoms with Crippen LogP contribution in [0.1, 0.15) is 28.8 Å². The number of halogens is 2. The number of aromatic amines is 1. The first-order valence-electron chi connectivity index (χ1n) is 10.7. The first-order valence-corrected chi connectivity index (χ1v) is 12.2. The second-order valence-electron chi connectivity index (χ2n) is 8.19. The minimum Gasteiger partial charge on any atom is -0.342 e. The highest BCUT2D eigenvalue weighted by atomic mass is 35.5. The lowest BCUT2D eigenvalue weighted by Gasteiger charge is -2.09. The van der Waals surface area contributed by atoms with Crippen LogP contribution < -0.4 is 5.56 Å². The molecular weight excluding hydrogens is 461 g/mol. The topological polar surface area (TPSA) is 50.7 Å². The van der Waals surface area contributed by atoms with Gasteiger partial charge in [0.15, 0.2) is 0 Å². The summed E-state index contributed by atoms with van der Waals surface area (Å²) < 4.78 is 2.11. The molecule has 6 rings (SSSR count). The summed E-state index contributed by atoms with van der Waals surface area (Å²) in [6.45, 7) is 0.527. The van der Waals surface area contributed by atoms with Crippen molar-refractivity contribution in [1.29, 1.82) is 0 Å². The molecule has 3 aromatic heterocycles. The molecule has 32 heavy (non-hydrogen) atoms. The number of aryl methyl sites for hydroxylation is 2. The molecule has 160 valence electrons. The van der Waals surface area contributed by atoms with Gasteiger partial charge in [-0.1, -0.05) is 47.5 Å². The number of benzene rings is 2. The first-order chi connectivity index (χ1) is 15.6. The molecule has 0 saturated carbocycles. The van der Waals surface area contributed by atoms with Crippen LogP contribution in [0.15, 0.2) is 53.5 Å². The molecule has 0 aliphatic heterocycles. The molecule has 1 N–H and O–H groups in total. The van der Waals surface area contributed by atoms with E-state index >= 15 is 0 Å². The average Bonchev–Trinajstić information content (AvgIpc) is 3.35. The number of fused-ring (bicyclic) bond motifs is 4. The van der Waals surface area contributed by atoms with Crippen molar-refractivity contribution in [3.8, 4) is 11.4 Å². The SMILES string of the molecule is O=c1[nH]c(-c2cn(Cc3c(Cl)cccc3Cl)c3ccccc23)nc2sc3c(c12)CCCC3. The Morgan fingerprint density at radius 3 is 2.66 bits per heavy atom. The minimum atomic E-state index is -0.0459. The average molecular weight is 480 g/mol. The Morgan fingerprint density at radius 1 is 1.03 bits per heavy atom. The molecule has 0 amide bonds. The summed E-state index contributed by atoms with van der Waals surface area (Å²) in [7, 11) is 0. The van der Waals surface area contributed by atoms with Crippen LogP contribution in [0.3, 0.4) is 0 Å². The maximum atomic E-state index is 13.1. The molecule has 0 fully saturated rings. The maximum Gasteiger partial charge on any atom is 0.260 e. The molecule has 1 aliphatic rings. The Labute approximate surface area is 198 Å². The van der Waals surface area contributed by atoms with Gasteiger partial charge in [0.2, 0.25) is 0 Å². The minimum absolute atomic E-state index is 0.0459. The van der Waals surface area contributed by atoms with E-state index in [2.05, 4.69) is 21.7 Å². The van der Waals surface area contributed by atoms with Crippen molar-refractivity contribution in [1.82, 2.24) is 14.5 Å². The summed E-state index contributed by atoms with van der Waals surface area (Å²) in [5, 5.41) is 3.07. The van der Waals surface area contributed by atoms with Crippen molar-refractivity contribution in [3.63, 3.8) is 0 Å². The number of para-hydroxylation sites is 1. The third-order valence-electron chi connectivity index (χ3n) is 6.26. The van der Waals surface area contributed by atoms with Gasteiger partial charge in [-0.25, -0.2) is 4.98 Å². The van der Waals surface area contributed by atoms with Crippen molar-refractivity contribution in [3.05, 3.63) is 85.1 Å². The van der Waals surface area contributed by atoms with E-state index in [0.29, 0.717) is 22.4 Å². The van der Waals surface area contributed by atoms with Crippen molar-refractivity contribution >= 4 is 55.7 Å². The van der Waals surface area contributed by atoms with E-state index in [0.717, 1.165) is 51.5 Å². The standard InChI is InChI=1S/C25H19Cl2N3OS/c26-18-8-5-9-19(27)17(18)13-30-12-16(14-6-1-3-10-20(14)30)23-28-24(31)22-15-7-2-4-11-21(15)32-25(22)29-23/h1,3,5-6,8-10,12H,2,4,7,11,13H2,(H,28,29,31). The van der Waals surface area contributed by atoms with Gasteiger partial charge < -0.3 is 9.55 Å². The lowest BCUT2D eigenvalue weighted by molar-refractivity contribution is 0.700. The van der Waals surface area contributed by atoms with Crippen LogP contribution in [-0.2, 0) is 19.4 Å². The Hall–Kier alpha value is -2.60. The summed E-state index contributed by atoms with van der Waals surface area (Å²) in [6, 6.07) is 13.7. The normalized spacial score (nSPS) is 13.7. The predicted octanol–water partition coefficient (Wildman–Crippen LogP) is 6.84. The molecule has 0 spiro atoms. The first kappa shape index (κ1) is 20.0. The molecule has 7 heteroatoms. The number of nitrogens with zero attached hydrogens (tertiary/aromatic N) is 2. The third kappa shape index (κ3) is 3.19. The van der Waals surface area contributed by atoms with Crippen molar-refractivity contribution in [2.75, 3.05) is 0 Å². The van der Waals surface area contributed by atoms with Crippen LogP contribution in [-0.4, -0.2) is 14.5 Å². The van der Waals surface area contributed by atoms with Crippen LogP contribution in [0.2, 0.25) is 10.0 Å². The van der Waals surface area contributed by atoms with Gasteiger partial charge in [0.25, 0.3) is 5.56 Å². The van der Waals surface area contributed by atoms with Crippen LogP contribution >= 0.6 is 34.5 Å². The highest BCUT2D eigenvalue weighted by Crippen LogP contribution is 2.36. The largest absolute Gasteiger partial charge is 0.342 e. The van der Waals surface area contributed by atoms with Gasteiger partial charge in [-0.2, -0.15) is 0 Å². The number of hydrogen-bond acceptors (Lipinski definition) is 3. The van der Waals surface area contributed by atoms with Crippen LogP contribution in [0, 0.1) is 0 Å². The molecular formula is C25H19Cl2N3OS. The van der Waals surface area contributed by atoms with E-state index in [1.165, 1.54) is 16.9 Å². The fraction of sp³-hybridized carbons (Fsp3) is 0.200. The maximum absolute atomic E-state index is 13.1. The van der Waals surface area contributed by atoms with Crippen LogP contribution in [0.4, 0.5) is 0 Å². The quantitative estimate of drug-likeness (QED) is 0.307. The highest BCUT2D eigenvalue weighted by Gasteiger charge is 2.21. The number of aromatic nitrogens is 3. The second kappa shape index (κ2) is 7.77. The molecule has 3 heterocycles. The van der Waals surface area contributed by atoms with E-state index in [4.69, 9.17) is 28.2 Å². The number of nitrogens with one attached hydrogen (secondary N) is 1. The predicted molar refractivity (Wildman–Crippen MR) is 133 cm³/mol. The molecule has 0 saturated heterocycles. The van der Waals surface area contributed by atoms with Crippen LogP contribution in [0.5, 0.6) is 0 Å².